The van der Waals surface area contributed by atoms with Gasteiger partial charge >= 0.3 is 0 Å². The van der Waals surface area contributed by atoms with E-state index in [-0.39, 0.29) is 5.41 Å². The number of benzene rings is 1. The summed E-state index contributed by atoms with van der Waals surface area (Å²) in [6, 6.07) is 6.61. The van der Waals surface area contributed by atoms with E-state index in [1.807, 2.05) is 11.6 Å². The average molecular weight is 405 g/mol. The number of aromatic nitrogens is 2. The minimum absolute atomic E-state index is 0.203. The second-order valence-corrected chi connectivity index (χ2v) is 9.66. The van der Waals surface area contributed by atoms with Gasteiger partial charge in [0.25, 0.3) is 0 Å². The lowest BCUT2D eigenvalue weighted by molar-refractivity contribution is -0.127. The van der Waals surface area contributed by atoms with Crippen molar-refractivity contribution in [2.45, 2.75) is 65.3 Å². The number of nitrogens with zero attached hydrogens (tertiary/aromatic N) is 2. The highest BCUT2D eigenvalue weighted by Crippen LogP contribution is 2.60. The molecule has 0 bridgehead atoms. The van der Waals surface area contributed by atoms with Crippen LogP contribution in [0.2, 0.25) is 0 Å². The summed E-state index contributed by atoms with van der Waals surface area (Å²) >= 11 is 0. The Balaban J connectivity index is 1.47. The Morgan fingerprint density at radius 3 is 2.90 bits per heavy atom. The van der Waals surface area contributed by atoms with Gasteiger partial charge in [0, 0.05) is 23.7 Å². The SMILES string of the molecule is CCn1cc(C=C2CC3C4CCc5cc(OC)ccc5C4CCC3(C)C2=O)c(C)n1. The fraction of sp³-hybridized carbons (Fsp3) is 0.538. The van der Waals surface area contributed by atoms with Crippen molar-refractivity contribution >= 4 is 11.9 Å². The average Bonchev–Trinajstić information content (AvgIpc) is 3.24. The van der Waals surface area contributed by atoms with Crippen molar-refractivity contribution in [3.8, 4) is 5.75 Å². The molecule has 30 heavy (non-hydrogen) atoms. The zero-order valence-corrected chi connectivity index (χ0v) is 18.6. The van der Waals surface area contributed by atoms with E-state index in [1.165, 1.54) is 17.5 Å². The molecule has 0 amide bonds. The number of fused-ring (bicyclic) bond motifs is 5. The highest BCUT2D eigenvalue weighted by Gasteiger charge is 2.56. The molecule has 1 aromatic heterocycles. The third-order valence-electron chi connectivity index (χ3n) is 8.21. The van der Waals surface area contributed by atoms with Crippen LogP contribution in [0.15, 0.2) is 30.0 Å². The zero-order valence-electron chi connectivity index (χ0n) is 18.6. The Morgan fingerprint density at radius 2 is 2.17 bits per heavy atom. The molecule has 5 rings (SSSR count). The number of Topliss-reactive ketones (excluding diaryl/α,β-unsaturated/α-hetero) is 1. The summed E-state index contributed by atoms with van der Waals surface area (Å²) < 4.78 is 7.40. The number of aryl methyl sites for hydroxylation is 3. The van der Waals surface area contributed by atoms with Crippen LogP contribution in [0.25, 0.3) is 6.08 Å². The van der Waals surface area contributed by atoms with E-state index in [2.05, 4.69) is 49.4 Å². The molecule has 0 radical (unpaired) electrons. The fourth-order valence-electron chi connectivity index (χ4n) is 6.51. The topological polar surface area (TPSA) is 44.1 Å². The first-order valence-electron chi connectivity index (χ1n) is 11.4. The van der Waals surface area contributed by atoms with E-state index in [0.717, 1.165) is 54.8 Å². The Kier molecular flexibility index (Phi) is 4.64. The number of ketones is 1. The first kappa shape index (κ1) is 19.6. The van der Waals surface area contributed by atoms with Crippen LogP contribution in [-0.4, -0.2) is 22.7 Å². The van der Waals surface area contributed by atoms with E-state index in [1.54, 1.807) is 7.11 Å². The molecule has 4 unspecified atom stereocenters. The summed E-state index contributed by atoms with van der Waals surface area (Å²) in [5.41, 5.74) is 5.87. The van der Waals surface area contributed by atoms with E-state index < -0.39 is 0 Å². The number of hydrogen-bond acceptors (Lipinski definition) is 3. The van der Waals surface area contributed by atoms with Gasteiger partial charge in [-0.05, 0) is 98.6 Å². The van der Waals surface area contributed by atoms with Gasteiger partial charge in [0.05, 0.1) is 12.8 Å². The molecule has 0 saturated heterocycles. The minimum Gasteiger partial charge on any atom is -0.497 e. The number of allylic oxidation sites excluding steroid dienone is 1. The van der Waals surface area contributed by atoms with E-state index in [9.17, 15) is 4.79 Å². The molecule has 3 aliphatic carbocycles. The highest BCUT2D eigenvalue weighted by molar-refractivity contribution is 6.06. The van der Waals surface area contributed by atoms with Crippen molar-refractivity contribution in [3.05, 3.63) is 52.4 Å². The van der Waals surface area contributed by atoms with Crippen LogP contribution < -0.4 is 4.74 Å². The summed E-state index contributed by atoms with van der Waals surface area (Å²) in [4.78, 5) is 13.5. The predicted molar refractivity (Wildman–Crippen MR) is 119 cm³/mol. The van der Waals surface area contributed by atoms with Gasteiger partial charge < -0.3 is 4.74 Å². The predicted octanol–water partition coefficient (Wildman–Crippen LogP) is 5.34. The molecular formula is C26H32N2O2. The summed E-state index contributed by atoms with van der Waals surface area (Å²) in [5.74, 6) is 2.97. The summed E-state index contributed by atoms with van der Waals surface area (Å²) in [7, 11) is 1.74. The number of hydrogen-bond donors (Lipinski definition) is 0. The van der Waals surface area contributed by atoms with Gasteiger partial charge in [-0.2, -0.15) is 5.10 Å². The molecule has 4 nitrogen and oxygen atoms in total. The monoisotopic (exact) mass is 404 g/mol. The van der Waals surface area contributed by atoms with Crippen molar-refractivity contribution in [1.82, 2.24) is 9.78 Å². The van der Waals surface area contributed by atoms with Crippen molar-refractivity contribution in [1.29, 1.82) is 0 Å². The minimum atomic E-state index is -0.203. The van der Waals surface area contributed by atoms with Crippen molar-refractivity contribution < 1.29 is 9.53 Å². The normalized spacial score (nSPS) is 31.4. The summed E-state index contributed by atoms with van der Waals surface area (Å²) in [6.07, 6.45) is 9.51. The number of ether oxygens (including phenoxy) is 1. The number of rotatable bonds is 3. The molecule has 2 aromatic rings. The molecule has 2 fully saturated rings. The van der Waals surface area contributed by atoms with Crippen LogP contribution >= 0.6 is 0 Å². The molecule has 4 atom stereocenters. The van der Waals surface area contributed by atoms with Gasteiger partial charge in [-0.1, -0.05) is 13.0 Å². The molecule has 158 valence electrons. The largest absolute Gasteiger partial charge is 0.497 e. The second kappa shape index (κ2) is 7.11. The maximum Gasteiger partial charge on any atom is 0.165 e. The lowest BCUT2D eigenvalue weighted by Gasteiger charge is -2.48. The van der Waals surface area contributed by atoms with Crippen LogP contribution in [-0.2, 0) is 17.8 Å². The van der Waals surface area contributed by atoms with E-state index >= 15 is 0 Å². The molecule has 0 N–H and O–H groups in total. The highest BCUT2D eigenvalue weighted by atomic mass is 16.5. The third kappa shape index (κ3) is 2.87. The van der Waals surface area contributed by atoms with Gasteiger partial charge in [-0.15, -0.1) is 0 Å². The van der Waals surface area contributed by atoms with Gasteiger partial charge in [0.2, 0.25) is 0 Å². The zero-order chi connectivity index (χ0) is 21.0. The Labute approximate surface area is 179 Å². The van der Waals surface area contributed by atoms with Gasteiger partial charge in [-0.25, -0.2) is 0 Å². The van der Waals surface area contributed by atoms with Gasteiger partial charge in [0.1, 0.15) is 5.75 Å². The third-order valence-corrected chi connectivity index (χ3v) is 8.21. The molecule has 3 aliphatic rings. The Bertz CT molecular complexity index is 1030. The van der Waals surface area contributed by atoms with E-state index in [4.69, 9.17) is 4.74 Å². The molecule has 0 spiro atoms. The van der Waals surface area contributed by atoms with Crippen LogP contribution in [0.3, 0.4) is 0 Å². The number of carbonyl (C=O) groups is 1. The van der Waals surface area contributed by atoms with E-state index in [0.29, 0.717) is 23.5 Å². The fourth-order valence-corrected chi connectivity index (χ4v) is 6.51. The lowest BCUT2D eigenvalue weighted by atomic mass is 9.55. The summed E-state index contributed by atoms with van der Waals surface area (Å²) in [6.45, 7) is 7.22. The first-order valence-corrected chi connectivity index (χ1v) is 11.4. The molecule has 2 saturated carbocycles. The quantitative estimate of drug-likeness (QED) is 0.649. The van der Waals surface area contributed by atoms with Crippen molar-refractivity contribution in [2.24, 2.45) is 17.3 Å². The van der Waals surface area contributed by atoms with Crippen LogP contribution in [0.5, 0.6) is 5.75 Å². The summed E-state index contributed by atoms with van der Waals surface area (Å²) in [5, 5.41) is 4.56. The number of methoxy groups -OCH3 is 1. The molecular weight excluding hydrogens is 372 g/mol. The van der Waals surface area contributed by atoms with Crippen molar-refractivity contribution in [2.75, 3.05) is 7.11 Å². The molecule has 4 heteroatoms. The smallest absolute Gasteiger partial charge is 0.165 e. The molecule has 0 aliphatic heterocycles. The first-order chi connectivity index (χ1) is 14.4. The second-order valence-electron chi connectivity index (χ2n) is 9.66. The van der Waals surface area contributed by atoms with Gasteiger partial charge in [0.15, 0.2) is 5.78 Å². The lowest BCUT2D eigenvalue weighted by Crippen LogP contribution is -2.42. The van der Waals surface area contributed by atoms with Crippen molar-refractivity contribution in [3.63, 3.8) is 0 Å². The maximum absolute atomic E-state index is 13.5. The maximum atomic E-state index is 13.5. The van der Waals surface area contributed by atoms with Crippen LogP contribution in [0.4, 0.5) is 0 Å². The van der Waals surface area contributed by atoms with Crippen LogP contribution in [0, 0.1) is 24.2 Å². The van der Waals surface area contributed by atoms with Crippen LogP contribution in [0.1, 0.15) is 67.8 Å². The number of carbonyl (C=O) groups excluding carboxylic acids is 1. The molecule has 1 aromatic carbocycles. The molecule has 1 heterocycles. The Morgan fingerprint density at radius 1 is 1.33 bits per heavy atom. The standard InChI is InChI=1S/C26H32N2O2/c1-5-28-15-19(16(2)27-28)12-18-14-24-23-8-6-17-13-20(30-4)7-9-21(17)22(23)10-11-26(24,3)25(18)29/h7,9,12-13,15,22-24H,5-6,8,10-11,14H2,1-4H3. The Hall–Kier alpha value is -2.36. The van der Waals surface area contributed by atoms with Gasteiger partial charge in [-0.3, -0.25) is 9.48 Å².